The van der Waals surface area contributed by atoms with Gasteiger partial charge >= 0.3 is 0 Å². The lowest BCUT2D eigenvalue weighted by Crippen LogP contribution is -2.17. The second kappa shape index (κ2) is 25.3. The molecule has 190 valence electrons. The molecule has 0 aromatic carbocycles. The molecule has 3 nitrogen and oxygen atoms in total. The largest absolute Gasteiger partial charge is 0.616 e. The lowest BCUT2D eigenvalue weighted by atomic mass is 10.1. The molecule has 0 spiro atoms. The number of unbranched alkanes of at least 4 members (excludes halogenated alkanes) is 16. The maximum Gasteiger partial charge on any atom is 0.137 e. The smallest absolute Gasteiger partial charge is 0.137 e. The fourth-order valence-electron chi connectivity index (χ4n) is 4.07. The molecule has 0 aliphatic heterocycles. The van der Waals surface area contributed by atoms with Crippen molar-refractivity contribution in [1.82, 2.24) is 0 Å². The molecule has 0 bridgehead atoms. The molecule has 0 heterocycles. The van der Waals surface area contributed by atoms with Crippen LogP contribution < -0.4 is 0 Å². The Bertz CT molecular complexity index is 387. The van der Waals surface area contributed by atoms with Crippen molar-refractivity contribution < 1.29 is 14.1 Å². The summed E-state index contributed by atoms with van der Waals surface area (Å²) in [5.41, 5.74) is 0. The van der Waals surface area contributed by atoms with Crippen LogP contribution in [0.3, 0.4) is 0 Å². The summed E-state index contributed by atoms with van der Waals surface area (Å²) in [4.78, 5) is 24.0. The van der Waals surface area contributed by atoms with E-state index in [1.54, 1.807) is 0 Å². The van der Waals surface area contributed by atoms with Gasteiger partial charge in [0, 0.05) is 12.8 Å². The number of rotatable bonds is 26. The van der Waals surface area contributed by atoms with E-state index in [1.807, 2.05) is 0 Å². The Balaban J connectivity index is 3.45. The van der Waals surface area contributed by atoms with Crippen molar-refractivity contribution >= 4 is 22.7 Å². The predicted molar refractivity (Wildman–Crippen MR) is 141 cm³/mol. The van der Waals surface area contributed by atoms with Crippen molar-refractivity contribution in [2.24, 2.45) is 0 Å². The summed E-state index contributed by atoms with van der Waals surface area (Å²) >= 11 is -1.03. The Labute approximate surface area is 203 Å². The number of hydrogen-bond donors (Lipinski definition) is 0. The van der Waals surface area contributed by atoms with Gasteiger partial charge in [0.05, 0.1) is 12.8 Å². The zero-order chi connectivity index (χ0) is 23.7. The van der Waals surface area contributed by atoms with Crippen LogP contribution >= 0.6 is 0 Å². The van der Waals surface area contributed by atoms with E-state index >= 15 is 0 Å². The zero-order valence-corrected chi connectivity index (χ0v) is 22.4. The van der Waals surface area contributed by atoms with Crippen LogP contribution in [0, 0.1) is 0 Å². The van der Waals surface area contributed by atoms with Crippen LogP contribution in [0.15, 0.2) is 0 Å². The van der Waals surface area contributed by atoms with Crippen LogP contribution in [0.5, 0.6) is 0 Å². The van der Waals surface area contributed by atoms with Crippen LogP contribution in [0.25, 0.3) is 0 Å². The number of carbonyl (C=O) groups is 2. The molecule has 0 saturated carbocycles. The molecule has 32 heavy (non-hydrogen) atoms. The molecular weight excluding hydrogens is 416 g/mol. The Morgan fingerprint density at radius 2 is 0.750 bits per heavy atom. The average molecular weight is 471 g/mol. The SMILES string of the molecule is CCCCCCCCCCCC(=O)CC[S+]([O-])CCC(=O)CCCCCCCCCCC. The molecule has 0 N–H and O–H groups in total. The maximum absolute atomic E-state index is 12.1. The summed E-state index contributed by atoms with van der Waals surface area (Å²) < 4.78 is 12.1. The van der Waals surface area contributed by atoms with Gasteiger partial charge < -0.3 is 4.55 Å². The summed E-state index contributed by atoms with van der Waals surface area (Å²) in [6, 6.07) is 0. The van der Waals surface area contributed by atoms with Gasteiger partial charge in [-0.1, -0.05) is 128 Å². The third-order valence-corrected chi connectivity index (χ3v) is 7.65. The van der Waals surface area contributed by atoms with Gasteiger partial charge in [-0.15, -0.1) is 0 Å². The molecule has 0 rings (SSSR count). The first-order valence-electron chi connectivity index (χ1n) is 14.0. The summed E-state index contributed by atoms with van der Waals surface area (Å²) in [5.74, 6) is 1.34. The summed E-state index contributed by atoms with van der Waals surface area (Å²) in [6.45, 7) is 4.48. The van der Waals surface area contributed by atoms with E-state index in [4.69, 9.17) is 0 Å². The molecule has 0 aromatic rings. The van der Waals surface area contributed by atoms with Crippen LogP contribution in [-0.4, -0.2) is 27.6 Å². The molecular formula is C28H54O3S. The monoisotopic (exact) mass is 470 g/mol. The highest BCUT2D eigenvalue weighted by Gasteiger charge is 2.13. The highest BCUT2D eigenvalue weighted by molar-refractivity contribution is 7.91. The second-order valence-corrected chi connectivity index (χ2v) is 11.3. The fourth-order valence-corrected chi connectivity index (χ4v) is 5.19. The fraction of sp³-hybridized carbons (Fsp3) is 0.929. The molecule has 0 atom stereocenters. The van der Waals surface area contributed by atoms with Gasteiger partial charge in [0.2, 0.25) is 0 Å². The van der Waals surface area contributed by atoms with Crippen LogP contribution in [0.1, 0.15) is 155 Å². The average Bonchev–Trinajstić information content (AvgIpc) is 2.79. The number of hydrogen-bond acceptors (Lipinski definition) is 3. The topological polar surface area (TPSA) is 57.2 Å². The summed E-state index contributed by atoms with van der Waals surface area (Å²) in [5, 5.41) is 0. The number of carbonyl (C=O) groups excluding carboxylic acids is 2. The van der Waals surface area contributed by atoms with E-state index in [-0.39, 0.29) is 11.6 Å². The third-order valence-electron chi connectivity index (χ3n) is 6.34. The molecule has 4 heteroatoms. The van der Waals surface area contributed by atoms with Crippen molar-refractivity contribution in [3.05, 3.63) is 0 Å². The lowest BCUT2D eigenvalue weighted by molar-refractivity contribution is -0.119. The van der Waals surface area contributed by atoms with E-state index in [9.17, 15) is 14.1 Å². The Morgan fingerprint density at radius 1 is 0.469 bits per heavy atom. The van der Waals surface area contributed by atoms with E-state index in [1.165, 1.54) is 89.9 Å². The second-order valence-electron chi connectivity index (χ2n) is 9.58. The maximum atomic E-state index is 12.1. The van der Waals surface area contributed by atoms with E-state index in [0.717, 1.165) is 25.7 Å². The number of Topliss-reactive ketones (excluding diaryl/α,β-unsaturated/α-hetero) is 2. The number of ketones is 2. The van der Waals surface area contributed by atoms with E-state index in [0.29, 0.717) is 37.2 Å². The van der Waals surface area contributed by atoms with Crippen LogP contribution in [0.4, 0.5) is 0 Å². The molecule has 0 radical (unpaired) electrons. The first-order chi connectivity index (χ1) is 15.6. The summed E-state index contributed by atoms with van der Waals surface area (Å²) in [7, 11) is 0. The molecule has 0 aromatic heterocycles. The highest BCUT2D eigenvalue weighted by Crippen LogP contribution is 2.13. The van der Waals surface area contributed by atoms with Crippen molar-refractivity contribution in [3.63, 3.8) is 0 Å². The van der Waals surface area contributed by atoms with Gasteiger partial charge in [0.15, 0.2) is 0 Å². The summed E-state index contributed by atoms with van der Waals surface area (Å²) in [6.07, 6.45) is 24.7. The lowest BCUT2D eigenvalue weighted by Gasteiger charge is -2.10. The Hall–Kier alpha value is -0.350. The normalized spacial score (nSPS) is 11.4. The quantitative estimate of drug-likeness (QED) is 0.0940. The molecule has 0 amide bonds. The zero-order valence-electron chi connectivity index (χ0n) is 21.6. The molecule has 0 aliphatic carbocycles. The van der Waals surface area contributed by atoms with Gasteiger partial charge in [-0.3, -0.25) is 9.59 Å². The first kappa shape index (κ1) is 31.6. The van der Waals surface area contributed by atoms with Gasteiger partial charge in [-0.05, 0) is 12.8 Å². The minimum Gasteiger partial charge on any atom is -0.616 e. The first-order valence-corrected chi connectivity index (χ1v) is 15.5. The van der Waals surface area contributed by atoms with Crippen molar-refractivity contribution in [2.45, 2.75) is 155 Å². The van der Waals surface area contributed by atoms with Gasteiger partial charge in [0.25, 0.3) is 0 Å². The highest BCUT2D eigenvalue weighted by atomic mass is 32.2. The Kier molecular flexibility index (Phi) is 25.0. The third kappa shape index (κ3) is 24.3. The molecule has 0 fully saturated rings. The molecule has 0 aliphatic rings. The van der Waals surface area contributed by atoms with E-state index in [2.05, 4.69) is 13.8 Å². The van der Waals surface area contributed by atoms with Crippen molar-refractivity contribution in [1.29, 1.82) is 0 Å². The standard InChI is InChI=1S/C28H54O3S/c1-3-5-7-9-11-13-15-17-19-21-27(29)23-25-32(31)26-24-28(30)22-20-18-16-14-12-10-8-6-4-2/h3-26H2,1-2H3. The van der Waals surface area contributed by atoms with Gasteiger partial charge in [-0.2, -0.15) is 0 Å². The van der Waals surface area contributed by atoms with E-state index < -0.39 is 11.2 Å². The van der Waals surface area contributed by atoms with Crippen molar-refractivity contribution in [3.8, 4) is 0 Å². The predicted octanol–water partition coefficient (Wildman–Crippen LogP) is 8.50. The minimum atomic E-state index is -1.03. The van der Waals surface area contributed by atoms with Crippen molar-refractivity contribution in [2.75, 3.05) is 11.5 Å². The molecule has 0 unspecified atom stereocenters. The Morgan fingerprint density at radius 3 is 1.06 bits per heavy atom. The van der Waals surface area contributed by atoms with Crippen LogP contribution in [0.2, 0.25) is 0 Å². The molecule has 0 saturated heterocycles. The van der Waals surface area contributed by atoms with Gasteiger partial charge in [-0.25, -0.2) is 0 Å². The minimum absolute atomic E-state index is 0.238. The van der Waals surface area contributed by atoms with Gasteiger partial charge in [0.1, 0.15) is 23.1 Å². The van der Waals surface area contributed by atoms with Crippen LogP contribution in [-0.2, 0) is 20.8 Å².